The quantitative estimate of drug-likeness (QED) is 0.448. The highest BCUT2D eigenvalue weighted by Gasteiger charge is 2.40. The number of methoxy groups -OCH3 is 1. The molecule has 3 aromatic rings. The van der Waals surface area contributed by atoms with Gasteiger partial charge in [-0.2, -0.15) is 17.9 Å². The molecule has 10 nitrogen and oxygen atoms in total. The van der Waals surface area contributed by atoms with Crippen molar-refractivity contribution in [3.05, 3.63) is 65.5 Å². The van der Waals surface area contributed by atoms with Gasteiger partial charge in [0.05, 0.1) is 12.8 Å². The molecule has 0 aliphatic carbocycles. The van der Waals surface area contributed by atoms with Crippen LogP contribution < -0.4 is 10.1 Å². The zero-order valence-corrected chi connectivity index (χ0v) is 23.4. The SMILES string of the molecule is COc1ccc(-n2nnnc2C(F)(F)F)cc1CN[C@H]1CCN(C(=O)C2CCC(=O)N2C)C[C@H]1c1ccccc1.Cl. The summed E-state index contributed by atoms with van der Waals surface area (Å²) < 4.78 is 46.3. The van der Waals surface area contributed by atoms with E-state index in [0.29, 0.717) is 54.9 Å². The van der Waals surface area contributed by atoms with Crippen molar-refractivity contribution in [2.75, 3.05) is 27.2 Å². The van der Waals surface area contributed by atoms with Crippen LogP contribution in [-0.2, 0) is 22.3 Å². The van der Waals surface area contributed by atoms with Crippen LogP contribution in [0.4, 0.5) is 13.2 Å². The zero-order chi connectivity index (χ0) is 28.4. The summed E-state index contributed by atoms with van der Waals surface area (Å²) in [5, 5.41) is 13.4. The zero-order valence-electron chi connectivity index (χ0n) is 22.5. The molecule has 14 heteroatoms. The lowest BCUT2D eigenvalue weighted by molar-refractivity contribution is -0.146. The number of ether oxygens (including phenoxy) is 1. The third-order valence-corrected chi connectivity index (χ3v) is 7.72. The Labute approximate surface area is 241 Å². The third-order valence-electron chi connectivity index (χ3n) is 7.72. The maximum Gasteiger partial charge on any atom is 0.453 e. The number of halogens is 4. The van der Waals surface area contributed by atoms with E-state index in [2.05, 4.69) is 20.8 Å². The molecule has 1 unspecified atom stereocenters. The topological polar surface area (TPSA) is 105 Å². The van der Waals surface area contributed by atoms with Gasteiger partial charge in [-0.1, -0.05) is 30.3 Å². The number of hydrogen-bond acceptors (Lipinski definition) is 7. The number of nitrogens with zero attached hydrogens (tertiary/aromatic N) is 6. The molecule has 3 atom stereocenters. The summed E-state index contributed by atoms with van der Waals surface area (Å²) in [6, 6.07) is 14.0. The van der Waals surface area contributed by atoms with E-state index in [1.54, 1.807) is 19.2 Å². The number of amides is 2. The Balaban J connectivity index is 0.00000387. The number of nitrogens with one attached hydrogen (secondary N) is 1. The van der Waals surface area contributed by atoms with Crippen molar-refractivity contribution in [1.29, 1.82) is 0 Å². The van der Waals surface area contributed by atoms with Crippen LogP contribution in [-0.4, -0.2) is 81.2 Å². The molecule has 1 aromatic heterocycles. The molecule has 0 saturated carbocycles. The Kier molecular flexibility index (Phi) is 9.17. The summed E-state index contributed by atoms with van der Waals surface area (Å²) in [5.74, 6) is -0.798. The lowest BCUT2D eigenvalue weighted by Crippen LogP contribution is -2.53. The van der Waals surface area contributed by atoms with E-state index in [1.807, 2.05) is 35.2 Å². The number of tetrazole rings is 1. The molecule has 2 saturated heterocycles. The van der Waals surface area contributed by atoms with E-state index in [-0.39, 0.29) is 41.9 Å². The van der Waals surface area contributed by atoms with Gasteiger partial charge in [-0.25, -0.2) is 0 Å². The largest absolute Gasteiger partial charge is 0.496 e. The lowest BCUT2D eigenvalue weighted by Gasteiger charge is -2.41. The Hall–Kier alpha value is -3.71. The molecule has 0 radical (unpaired) electrons. The van der Waals surface area contributed by atoms with Gasteiger partial charge in [0.1, 0.15) is 11.8 Å². The number of hydrogen-bond donors (Lipinski definition) is 1. The molecule has 2 fully saturated rings. The van der Waals surface area contributed by atoms with Crippen LogP contribution in [0.15, 0.2) is 48.5 Å². The number of rotatable bonds is 7. The van der Waals surface area contributed by atoms with Crippen molar-refractivity contribution in [3.8, 4) is 11.4 Å². The van der Waals surface area contributed by atoms with Crippen molar-refractivity contribution >= 4 is 24.2 Å². The van der Waals surface area contributed by atoms with Gasteiger partial charge >= 0.3 is 6.18 Å². The monoisotopic (exact) mass is 593 g/mol. The van der Waals surface area contributed by atoms with Crippen LogP contribution >= 0.6 is 12.4 Å². The predicted octanol–water partition coefficient (Wildman–Crippen LogP) is 3.21. The molecule has 2 aliphatic heterocycles. The highest BCUT2D eigenvalue weighted by molar-refractivity contribution is 5.90. The molecule has 41 heavy (non-hydrogen) atoms. The van der Waals surface area contributed by atoms with Crippen molar-refractivity contribution in [3.63, 3.8) is 0 Å². The number of carbonyl (C=O) groups is 2. The fourth-order valence-corrected chi connectivity index (χ4v) is 5.55. The Morgan fingerprint density at radius 3 is 2.56 bits per heavy atom. The second-order valence-electron chi connectivity index (χ2n) is 10.0. The first kappa shape index (κ1) is 30.3. The molecule has 0 spiro atoms. The minimum Gasteiger partial charge on any atom is -0.496 e. The van der Waals surface area contributed by atoms with E-state index < -0.39 is 18.0 Å². The number of benzene rings is 2. The van der Waals surface area contributed by atoms with Crippen LogP contribution in [0, 0.1) is 0 Å². The summed E-state index contributed by atoms with van der Waals surface area (Å²) in [7, 11) is 3.17. The second-order valence-corrected chi connectivity index (χ2v) is 10.0. The first-order valence-electron chi connectivity index (χ1n) is 13.0. The highest BCUT2D eigenvalue weighted by Crippen LogP contribution is 2.32. The van der Waals surface area contributed by atoms with E-state index in [9.17, 15) is 22.8 Å². The second kappa shape index (κ2) is 12.4. The van der Waals surface area contributed by atoms with E-state index in [4.69, 9.17) is 4.74 Å². The molecule has 220 valence electrons. The van der Waals surface area contributed by atoms with E-state index in [0.717, 1.165) is 5.56 Å². The lowest BCUT2D eigenvalue weighted by atomic mass is 9.85. The van der Waals surface area contributed by atoms with Crippen LogP contribution in [0.5, 0.6) is 5.75 Å². The average molecular weight is 594 g/mol. The van der Waals surface area contributed by atoms with E-state index in [1.165, 1.54) is 18.1 Å². The number of likely N-dealkylation sites (N-methyl/N-ethyl adjacent to an activating group) is 1. The first-order chi connectivity index (χ1) is 19.2. The fraction of sp³-hybridized carbons (Fsp3) is 0.444. The average Bonchev–Trinajstić information content (AvgIpc) is 3.59. The highest BCUT2D eigenvalue weighted by atomic mass is 35.5. The normalized spacial score (nSPS) is 21.1. The molecular weight excluding hydrogens is 563 g/mol. The Morgan fingerprint density at radius 2 is 1.90 bits per heavy atom. The molecule has 2 aliphatic rings. The minimum absolute atomic E-state index is 0. The van der Waals surface area contributed by atoms with Crippen molar-refractivity contribution in [2.24, 2.45) is 0 Å². The van der Waals surface area contributed by atoms with Gasteiger partial charge in [-0.15, -0.1) is 17.5 Å². The van der Waals surface area contributed by atoms with E-state index >= 15 is 0 Å². The molecule has 2 amide bonds. The molecule has 2 aromatic carbocycles. The van der Waals surface area contributed by atoms with Gasteiger partial charge in [0, 0.05) is 50.6 Å². The van der Waals surface area contributed by atoms with Gasteiger partial charge in [0.2, 0.25) is 11.8 Å². The van der Waals surface area contributed by atoms with Crippen molar-refractivity contribution in [1.82, 2.24) is 35.3 Å². The summed E-state index contributed by atoms with van der Waals surface area (Å²) in [5.41, 5.74) is 1.86. The molecule has 0 bridgehead atoms. The van der Waals surface area contributed by atoms with Crippen LogP contribution in [0.1, 0.15) is 42.1 Å². The Bertz CT molecular complexity index is 1370. The summed E-state index contributed by atoms with van der Waals surface area (Å²) in [6.07, 6.45) is -3.15. The fourth-order valence-electron chi connectivity index (χ4n) is 5.55. The van der Waals surface area contributed by atoms with Crippen LogP contribution in [0.2, 0.25) is 0 Å². The summed E-state index contributed by atoms with van der Waals surface area (Å²) in [6.45, 7) is 1.31. The smallest absolute Gasteiger partial charge is 0.453 e. The first-order valence-corrected chi connectivity index (χ1v) is 13.0. The van der Waals surface area contributed by atoms with Crippen LogP contribution in [0.25, 0.3) is 5.69 Å². The number of likely N-dealkylation sites (tertiary alicyclic amines) is 2. The van der Waals surface area contributed by atoms with Crippen LogP contribution in [0.3, 0.4) is 0 Å². The number of piperidine rings is 1. The van der Waals surface area contributed by atoms with Gasteiger partial charge in [-0.05, 0) is 47.0 Å². The molecular formula is C27H31ClF3N7O3. The predicted molar refractivity (Wildman–Crippen MR) is 145 cm³/mol. The van der Waals surface area contributed by atoms with Gasteiger partial charge in [0.25, 0.3) is 5.82 Å². The van der Waals surface area contributed by atoms with Crippen molar-refractivity contribution in [2.45, 2.75) is 50.0 Å². The number of alkyl halides is 3. The number of aromatic nitrogens is 4. The summed E-state index contributed by atoms with van der Waals surface area (Å²) >= 11 is 0. The summed E-state index contributed by atoms with van der Waals surface area (Å²) in [4.78, 5) is 28.7. The molecule has 5 rings (SSSR count). The van der Waals surface area contributed by atoms with Gasteiger partial charge in [0.15, 0.2) is 0 Å². The maximum absolute atomic E-state index is 13.4. The number of carbonyl (C=O) groups excluding carboxylic acids is 2. The van der Waals surface area contributed by atoms with Crippen molar-refractivity contribution < 1.29 is 27.5 Å². The minimum atomic E-state index is -4.71. The maximum atomic E-state index is 13.4. The Morgan fingerprint density at radius 1 is 1.15 bits per heavy atom. The standard InChI is InChI=1S/C27H30F3N7O3.ClH/c1-35-22(9-11-24(35)38)25(39)36-13-12-21(20(16-36)17-6-4-3-5-7-17)31-15-18-14-19(8-10-23(18)40-2)37-26(27(28,29)30)32-33-34-37;/h3-8,10,14,20-22,31H,9,11-13,15-16H2,1-2H3;1H/t20-,21-,22?;/m0./s1. The molecule has 1 N–H and O–H groups in total. The third kappa shape index (κ3) is 6.30. The van der Waals surface area contributed by atoms with Gasteiger partial charge in [-0.3, -0.25) is 9.59 Å². The molecule has 3 heterocycles. The van der Waals surface area contributed by atoms with Gasteiger partial charge < -0.3 is 19.9 Å².